The number of halogens is 1. The maximum atomic E-state index is 14.4. The standard InChI is InChI=1S/C21H21FN2O3S/c1-4-27-19(26)12-24-20-16(22)6-5-7-17(20)28-21(24)23-18(25)11-15-10-13(2)8-9-14(15)3/h5-10H,4,11-12H2,1-3H3. The SMILES string of the molecule is CCOC(=O)Cn1c(=NC(=O)Cc2cc(C)ccc2C)sc2cccc(F)c21. The Morgan fingerprint density at radius 1 is 1.21 bits per heavy atom. The van der Waals surface area contributed by atoms with E-state index >= 15 is 0 Å². The average Bonchev–Trinajstić information content (AvgIpc) is 2.96. The van der Waals surface area contributed by atoms with E-state index in [1.807, 2.05) is 32.0 Å². The van der Waals surface area contributed by atoms with Gasteiger partial charge in [0.05, 0.1) is 23.2 Å². The first-order chi connectivity index (χ1) is 13.4. The van der Waals surface area contributed by atoms with Gasteiger partial charge < -0.3 is 9.30 Å². The first-order valence-electron chi connectivity index (χ1n) is 8.96. The molecule has 3 aromatic rings. The molecule has 0 radical (unpaired) electrons. The fourth-order valence-corrected chi connectivity index (χ4v) is 4.02. The van der Waals surface area contributed by atoms with Crippen molar-refractivity contribution in [1.82, 2.24) is 4.57 Å². The van der Waals surface area contributed by atoms with Crippen LogP contribution < -0.4 is 4.80 Å². The van der Waals surface area contributed by atoms with Crippen molar-refractivity contribution in [2.45, 2.75) is 33.7 Å². The van der Waals surface area contributed by atoms with Crippen LogP contribution in [0.4, 0.5) is 4.39 Å². The van der Waals surface area contributed by atoms with E-state index in [2.05, 4.69) is 4.99 Å². The number of amides is 1. The van der Waals surface area contributed by atoms with E-state index in [4.69, 9.17) is 4.74 Å². The van der Waals surface area contributed by atoms with E-state index in [0.29, 0.717) is 4.70 Å². The molecule has 7 heteroatoms. The first-order valence-corrected chi connectivity index (χ1v) is 9.78. The summed E-state index contributed by atoms with van der Waals surface area (Å²) in [4.78, 5) is 29.0. The number of fused-ring (bicyclic) bond motifs is 1. The van der Waals surface area contributed by atoms with Gasteiger partial charge in [0.2, 0.25) is 0 Å². The summed E-state index contributed by atoms with van der Waals surface area (Å²) in [6.45, 7) is 5.63. The Balaban J connectivity index is 2.03. The lowest BCUT2D eigenvalue weighted by molar-refractivity contribution is -0.143. The highest BCUT2D eigenvalue weighted by Gasteiger charge is 2.15. The molecule has 28 heavy (non-hydrogen) atoms. The van der Waals surface area contributed by atoms with Crippen LogP contribution in [0.2, 0.25) is 0 Å². The van der Waals surface area contributed by atoms with Gasteiger partial charge in [0.25, 0.3) is 5.91 Å². The fourth-order valence-electron chi connectivity index (χ4n) is 2.95. The predicted octanol–water partition coefficient (Wildman–Crippen LogP) is 3.69. The van der Waals surface area contributed by atoms with Crippen LogP contribution in [0.25, 0.3) is 10.2 Å². The van der Waals surface area contributed by atoms with Gasteiger partial charge in [-0.05, 0) is 44.0 Å². The molecule has 0 aliphatic heterocycles. The zero-order valence-electron chi connectivity index (χ0n) is 16.0. The molecule has 0 aliphatic carbocycles. The lowest BCUT2D eigenvalue weighted by Gasteiger charge is -2.06. The Labute approximate surface area is 166 Å². The summed E-state index contributed by atoms with van der Waals surface area (Å²) in [6, 6.07) is 10.6. The van der Waals surface area contributed by atoms with Gasteiger partial charge in [-0.25, -0.2) is 4.39 Å². The molecule has 0 bridgehead atoms. The molecule has 1 amide bonds. The molecule has 5 nitrogen and oxygen atoms in total. The highest BCUT2D eigenvalue weighted by atomic mass is 32.1. The lowest BCUT2D eigenvalue weighted by atomic mass is 10.0. The zero-order chi connectivity index (χ0) is 20.3. The van der Waals surface area contributed by atoms with Gasteiger partial charge >= 0.3 is 5.97 Å². The smallest absolute Gasteiger partial charge is 0.326 e. The molecule has 0 atom stereocenters. The third kappa shape index (κ3) is 4.36. The van der Waals surface area contributed by atoms with Gasteiger partial charge in [-0.1, -0.05) is 41.2 Å². The molecule has 0 saturated heterocycles. The normalized spacial score (nSPS) is 11.8. The number of aromatic nitrogens is 1. The van der Waals surface area contributed by atoms with E-state index < -0.39 is 11.8 Å². The van der Waals surface area contributed by atoms with Crippen LogP contribution >= 0.6 is 11.3 Å². The number of aryl methyl sites for hydroxylation is 2. The molecule has 146 valence electrons. The summed E-state index contributed by atoms with van der Waals surface area (Å²) >= 11 is 1.17. The molecule has 0 fully saturated rings. The van der Waals surface area contributed by atoms with Gasteiger partial charge in [0.15, 0.2) is 4.80 Å². The minimum atomic E-state index is -0.506. The average molecular weight is 400 g/mol. The summed E-state index contributed by atoms with van der Waals surface area (Å²) in [5.41, 5.74) is 3.22. The van der Waals surface area contributed by atoms with E-state index in [-0.39, 0.29) is 35.8 Å². The molecule has 0 unspecified atom stereocenters. The number of para-hydroxylation sites is 1. The maximum absolute atomic E-state index is 14.4. The van der Waals surface area contributed by atoms with Gasteiger partial charge in [0.1, 0.15) is 12.4 Å². The summed E-state index contributed by atoms with van der Waals surface area (Å²) in [5, 5.41) is 0. The Morgan fingerprint density at radius 3 is 2.75 bits per heavy atom. The van der Waals surface area contributed by atoms with Gasteiger partial charge in [-0.3, -0.25) is 9.59 Å². The molecule has 0 aliphatic rings. The highest BCUT2D eigenvalue weighted by molar-refractivity contribution is 7.16. The van der Waals surface area contributed by atoms with Crippen LogP contribution in [-0.4, -0.2) is 23.1 Å². The largest absolute Gasteiger partial charge is 0.465 e. The van der Waals surface area contributed by atoms with Crippen molar-refractivity contribution in [3.8, 4) is 0 Å². The van der Waals surface area contributed by atoms with Crippen molar-refractivity contribution >= 4 is 33.4 Å². The minimum Gasteiger partial charge on any atom is -0.465 e. The highest BCUT2D eigenvalue weighted by Crippen LogP contribution is 2.20. The monoisotopic (exact) mass is 400 g/mol. The van der Waals surface area contributed by atoms with Gasteiger partial charge in [-0.15, -0.1) is 0 Å². The maximum Gasteiger partial charge on any atom is 0.326 e. The second kappa shape index (κ2) is 8.48. The zero-order valence-corrected chi connectivity index (χ0v) is 16.8. The molecule has 1 aromatic heterocycles. The topological polar surface area (TPSA) is 60.7 Å². The van der Waals surface area contributed by atoms with Crippen molar-refractivity contribution < 1.29 is 18.7 Å². The van der Waals surface area contributed by atoms with Crippen molar-refractivity contribution in [3.05, 3.63) is 63.7 Å². The van der Waals surface area contributed by atoms with E-state index in [1.165, 1.54) is 22.0 Å². The number of esters is 1. The molecule has 1 heterocycles. The molecule has 0 spiro atoms. The van der Waals surface area contributed by atoms with Gasteiger partial charge in [0, 0.05) is 0 Å². The Hall–Kier alpha value is -2.80. The number of ether oxygens (including phenoxy) is 1. The van der Waals surface area contributed by atoms with Crippen LogP contribution in [0.3, 0.4) is 0 Å². The van der Waals surface area contributed by atoms with Crippen LogP contribution in [0.1, 0.15) is 23.6 Å². The molecule has 3 rings (SSSR count). The second-order valence-electron chi connectivity index (χ2n) is 6.47. The molecular weight excluding hydrogens is 379 g/mol. The van der Waals surface area contributed by atoms with Crippen LogP contribution in [-0.2, 0) is 27.3 Å². The third-order valence-electron chi connectivity index (χ3n) is 4.31. The van der Waals surface area contributed by atoms with Crippen LogP contribution in [0.15, 0.2) is 41.4 Å². The summed E-state index contributed by atoms with van der Waals surface area (Å²) in [6.07, 6.45) is 0.143. The number of thiazole rings is 1. The predicted molar refractivity (Wildman–Crippen MR) is 107 cm³/mol. The lowest BCUT2D eigenvalue weighted by Crippen LogP contribution is -2.23. The fraction of sp³-hybridized carbons (Fsp3) is 0.286. The Bertz CT molecular complexity index is 1110. The number of hydrogen-bond acceptors (Lipinski definition) is 4. The minimum absolute atomic E-state index is 0.143. The quantitative estimate of drug-likeness (QED) is 0.614. The summed E-state index contributed by atoms with van der Waals surface area (Å²) in [7, 11) is 0. The van der Waals surface area contributed by atoms with Crippen LogP contribution in [0, 0.1) is 19.7 Å². The third-order valence-corrected chi connectivity index (χ3v) is 5.35. The number of rotatable bonds is 5. The van der Waals surface area contributed by atoms with E-state index in [1.54, 1.807) is 19.1 Å². The summed E-state index contributed by atoms with van der Waals surface area (Å²) < 4.78 is 21.4. The Morgan fingerprint density at radius 2 is 2.00 bits per heavy atom. The number of hydrogen-bond donors (Lipinski definition) is 0. The van der Waals surface area contributed by atoms with E-state index in [9.17, 15) is 14.0 Å². The number of benzene rings is 2. The van der Waals surface area contributed by atoms with E-state index in [0.717, 1.165) is 16.7 Å². The summed E-state index contributed by atoms with van der Waals surface area (Å²) in [5.74, 6) is -1.33. The van der Waals surface area contributed by atoms with Crippen LogP contribution in [0.5, 0.6) is 0 Å². The molecular formula is C21H21FN2O3S. The number of nitrogens with zero attached hydrogens (tertiary/aromatic N) is 2. The van der Waals surface area contributed by atoms with Gasteiger partial charge in [-0.2, -0.15) is 4.99 Å². The second-order valence-corrected chi connectivity index (χ2v) is 7.48. The first kappa shape index (κ1) is 19.9. The van der Waals surface area contributed by atoms with Crippen molar-refractivity contribution in [3.63, 3.8) is 0 Å². The van der Waals surface area contributed by atoms with Crippen molar-refractivity contribution in [2.24, 2.45) is 4.99 Å². The molecule has 0 saturated carbocycles. The van der Waals surface area contributed by atoms with Crippen molar-refractivity contribution in [2.75, 3.05) is 6.61 Å². The number of carbonyl (C=O) groups excluding carboxylic acids is 2. The van der Waals surface area contributed by atoms with Crippen molar-refractivity contribution in [1.29, 1.82) is 0 Å². The molecule has 2 aromatic carbocycles. The molecule has 0 N–H and O–H groups in total. The Kier molecular flexibility index (Phi) is 6.04. The number of carbonyl (C=O) groups is 2.